The molecule has 5 N–H and O–H groups in total. The normalized spacial score (nSPS) is 22.4. The van der Waals surface area contributed by atoms with E-state index >= 15 is 0 Å². The quantitative estimate of drug-likeness (QED) is 0.608. The fourth-order valence-electron chi connectivity index (χ4n) is 2.55. The molecule has 1 fully saturated rings. The summed E-state index contributed by atoms with van der Waals surface area (Å²) in [6.45, 7) is 5.12. The van der Waals surface area contributed by atoms with Crippen LogP contribution in [0, 0.1) is 13.8 Å². The van der Waals surface area contributed by atoms with Crippen LogP contribution in [-0.4, -0.2) is 45.3 Å². The number of aliphatic hydroxyl groups is 1. The van der Waals surface area contributed by atoms with E-state index < -0.39 is 6.10 Å². The maximum Gasteiger partial charge on any atom is 0.227 e. The van der Waals surface area contributed by atoms with Crippen molar-refractivity contribution in [1.82, 2.24) is 20.3 Å². The van der Waals surface area contributed by atoms with Crippen LogP contribution in [0.4, 0.5) is 11.8 Å². The van der Waals surface area contributed by atoms with E-state index in [1.807, 2.05) is 19.9 Å². The van der Waals surface area contributed by atoms with Crippen molar-refractivity contribution in [1.29, 1.82) is 0 Å². The molecule has 1 saturated heterocycles. The first-order valence-corrected chi connectivity index (χ1v) is 6.61. The summed E-state index contributed by atoms with van der Waals surface area (Å²) in [6.07, 6.45) is -0.456. The van der Waals surface area contributed by atoms with E-state index in [-0.39, 0.29) is 6.04 Å². The number of anilines is 2. The lowest BCUT2D eigenvalue weighted by Gasteiger charge is -2.16. The minimum Gasteiger partial charge on any atom is -0.390 e. The maximum absolute atomic E-state index is 9.79. The molecule has 0 radical (unpaired) electrons. The van der Waals surface area contributed by atoms with Crippen LogP contribution >= 0.6 is 0 Å². The number of rotatable bonds is 2. The number of aromatic nitrogens is 3. The van der Waals surface area contributed by atoms with Crippen LogP contribution in [-0.2, 0) is 0 Å². The van der Waals surface area contributed by atoms with Gasteiger partial charge in [-0.15, -0.1) is 0 Å². The molecule has 0 bridgehead atoms. The fraction of sp³-hybridized carbons (Fsp3) is 0.462. The van der Waals surface area contributed by atoms with E-state index in [0.717, 1.165) is 16.6 Å². The van der Waals surface area contributed by atoms with Gasteiger partial charge in [-0.05, 0) is 25.5 Å². The van der Waals surface area contributed by atoms with Crippen molar-refractivity contribution < 1.29 is 5.11 Å². The molecule has 1 aliphatic heterocycles. The van der Waals surface area contributed by atoms with Crippen LogP contribution in [0.1, 0.15) is 11.3 Å². The zero-order valence-electron chi connectivity index (χ0n) is 11.5. The number of β-amino-alcohol motifs (C(OH)–C–C–N with tert-alkyl or cyclic N) is 1. The van der Waals surface area contributed by atoms with Crippen LogP contribution < -0.4 is 16.4 Å². The van der Waals surface area contributed by atoms with E-state index in [0.29, 0.717) is 30.5 Å². The number of nitrogens with one attached hydrogen (secondary N) is 2. The third-order valence-corrected chi connectivity index (χ3v) is 3.52. The second-order valence-electron chi connectivity index (χ2n) is 5.19. The summed E-state index contributed by atoms with van der Waals surface area (Å²) in [7, 11) is 0. The highest BCUT2D eigenvalue weighted by Crippen LogP contribution is 2.23. The topological polar surface area (TPSA) is 109 Å². The Balaban J connectivity index is 2.01. The van der Waals surface area contributed by atoms with Gasteiger partial charge in [0.1, 0.15) is 5.82 Å². The average Bonchev–Trinajstić information content (AvgIpc) is 2.73. The summed E-state index contributed by atoms with van der Waals surface area (Å²) in [5, 5.41) is 16.8. The van der Waals surface area contributed by atoms with Gasteiger partial charge >= 0.3 is 0 Å². The predicted octanol–water partition coefficient (Wildman–Crippen LogP) is -0.0316. The zero-order valence-corrected chi connectivity index (χ0v) is 11.5. The fourth-order valence-corrected chi connectivity index (χ4v) is 2.55. The van der Waals surface area contributed by atoms with Crippen molar-refractivity contribution in [3.8, 4) is 0 Å². The lowest BCUT2D eigenvalue weighted by Crippen LogP contribution is -2.32. The second kappa shape index (κ2) is 4.84. The Labute approximate surface area is 116 Å². The summed E-state index contributed by atoms with van der Waals surface area (Å²) in [4.78, 5) is 13.1. The number of aliphatic hydroxyl groups excluding tert-OH is 1. The molecule has 0 aliphatic carbocycles. The van der Waals surface area contributed by atoms with Crippen molar-refractivity contribution >= 4 is 22.8 Å². The molecule has 0 saturated carbocycles. The first kappa shape index (κ1) is 13.0. The van der Waals surface area contributed by atoms with Crippen molar-refractivity contribution in [2.24, 2.45) is 0 Å². The predicted molar refractivity (Wildman–Crippen MR) is 77.5 cm³/mol. The van der Waals surface area contributed by atoms with Gasteiger partial charge in [-0.2, -0.15) is 9.97 Å². The third-order valence-electron chi connectivity index (χ3n) is 3.52. The number of nitrogen functional groups attached to an aromatic ring is 1. The van der Waals surface area contributed by atoms with Gasteiger partial charge in [0.25, 0.3) is 0 Å². The van der Waals surface area contributed by atoms with Gasteiger partial charge in [0.05, 0.1) is 17.5 Å². The number of hydrogen-bond acceptors (Lipinski definition) is 7. The van der Waals surface area contributed by atoms with Gasteiger partial charge in [-0.3, -0.25) is 0 Å². The molecule has 20 heavy (non-hydrogen) atoms. The molecular weight excluding hydrogens is 256 g/mol. The van der Waals surface area contributed by atoms with E-state index in [1.54, 1.807) is 0 Å². The molecule has 0 aromatic carbocycles. The van der Waals surface area contributed by atoms with Crippen molar-refractivity contribution in [2.75, 3.05) is 24.1 Å². The molecule has 2 aromatic rings. The lowest BCUT2D eigenvalue weighted by atomic mass is 10.1. The number of nitrogens with two attached hydrogens (primary N) is 1. The zero-order chi connectivity index (χ0) is 14.3. The van der Waals surface area contributed by atoms with Crippen molar-refractivity contribution in [3.05, 3.63) is 17.3 Å². The van der Waals surface area contributed by atoms with Gasteiger partial charge in [-0.25, -0.2) is 4.98 Å². The number of hydrogen-bond donors (Lipinski definition) is 4. The minimum atomic E-state index is -0.456. The van der Waals surface area contributed by atoms with Crippen LogP contribution in [0.15, 0.2) is 6.07 Å². The highest BCUT2D eigenvalue weighted by Gasteiger charge is 2.25. The number of aryl methyl sites for hydroxylation is 2. The first-order chi connectivity index (χ1) is 9.54. The Kier molecular flexibility index (Phi) is 3.15. The van der Waals surface area contributed by atoms with E-state index in [2.05, 4.69) is 25.6 Å². The monoisotopic (exact) mass is 274 g/mol. The smallest absolute Gasteiger partial charge is 0.227 e. The molecule has 106 valence electrons. The Morgan fingerprint density at radius 3 is 2.80 bits per heavy atom. The van der Waals surface area contributed by atoms with Gasteiger partial charge in [-0.1, -0.05) is 0 Å². The third kappa shape index (κ3) is 2.25. The molecule has 0 spiro atoms. The van der Waals surface area contributed by atoms with E-state index in [4.69, 9.17) is 5.73 Å². The lowest BCUT2D eigenvalue weighted by molar-refractivity contribution is 0.185. The molecule has 2 atom stereocenters. The van der Waals surface area contributed by atoms with Crippen LogP contribution in [0.2, 0.25) is 0 Å². The van der Waals surface area contributed by atoms with E-state index in [9.17, 15) is 5.11 Å². The number of nitrogens with zero attached hydrogens (tertiary/aromatic N) is 3. The van der Waals surface area contributed by atoms with Crippen LogP contribution in [0.3, 0.4) is 0 Å². The van der Waals surface area contributed by atoms with Crippen molar-refractivity contribution in [2.45, 2.75) is 26.0 Å². The Bertz CT molecular complexity index is 659. The standard InChI is InChI=1S/C13H18N6O/c1-6-3-7(2)16-12-10(6)11(14)18-13(19-12)17-8-4-15-5-9(8)20/h3,8-9,15,20H,4-5H2,1-2H3,(H3,14,16,17,18,19)/t8-,9-/m1/s1. The molecule has 3 rings (SSSR count). The molecule has 0 amide bonds. The largest absolute Gasteiger partial charge is 0.390 e. The molecule has 3 heterocycles. The summed E-state index contributed by atoms with van der Waals surface area (Å²) in [5.74, 6) is 0.809. The summed E-state index contributed by atoms with van der Waals surface area (Å²) < 4.78 is 0. The second-order valence-corrected chi connectivity index (χ2v) is 5.19. The molecule has 2 aromatic heterocycles. The summed E-state index contributed by atoms with van der Waals surface area (Å²) >= 11 is 0. The minimum absolute atomic E-state index is 0.113. The van der Waals surface area contributed by atoms with E-state index in [1.165, 1.54) is 0 Å². The average molecular weight is 274 g/mol. The number of pyridine rings is 1. The highest BCUT2D eigenvalue weighted by atomic mass is 16.3. The Morgan fingerprint density at radius 1 is 1.30 bits per heavy atom. The molecule has 7 heteroatoms. The summed E-state index contributed by atoms with van der Waals surface area (Å²) in [5.41, 5.74) is 8.49. The highest BCUT2D eigenvalue weighted by molar-refractivity contribution is 5.89. The van der Waals surface area contributed by atoms with Gasteiger partial charge < -0.3 is 21.5 Å². The molecule has 7 nitrogen and oxygen atoms in total. The summed E-state index contributed by atoms with van der Waals surface area (Å²) in [6, 6.07) is 1.84. The van der Waals surface area contributed by atoms with Gasteiger partial charge in [0.2, 0.25) is 5.95 Å². The molecular formula is C13H18N6O. The van der Waals surface area contributed by atoms with Crippen molar-refractivity contribution in [3.63, 3.8) is 0 Å². The Morgan fingerprint density at radius 2 is 2.10 bits per heavy atom. The van der Waals surface area contributed by atoms with Gasteiger partial charge in [0, 0.05) is 18.8 Å². The molecule has 0 unspecified atom stereocenters. The van der Waals surface area contributed by atoms with Crippen LogP contribution in [0.25, 0.3) is 11.0 Å². The van der Waals surface area contributed by atoms with Crippen LogP contribution in [0.5, 0.6) is 0 Å². The SMILES string of the molecule is Cc1cc(C)c2c(N)nc(N[C@@H]3CNC[C@H]3O)nc2n1. The Hall–Kier alpha value is -1.99. The first-order valence-electron chi connectivity index (χ1n) is 6.61. The van der Waals surface area contributed by atoms with Gasteiger partial charge in [0.15, 0.2) is 5.65 Å². The maximum atomic E-state index is 9.79. The molecule has 1 aliphatic rings. The number of fused-ring (bicyclic) bond motifs is 1.